The topological polar surface area (TPSA) is 45.6 Å². The van der Waals surface area contributed by atoms with E-state index >= 15 is 0 Å². The average Bonchev–Trinajstić information content (AvgIpc) is 2.35. The molecule has 0 aromatic heterocycles. The number of ether oxygens (including phenoxy) is 1. The maximum absolute atomic E-state index is 5.17. The van der Waals surface area contributed by atoms with Crippen molar-refractivity contribution in [2.24, 2.45) is 5.10 Å². The van der Waals surface area contributed by atoms with Gasteiger partial charge in [0, 0.05) is 11.6 Å². The first-order valence-electron chi connectivity index (χ1n) is 5.78. The van der Waals surface area contributed by atoms with Crippen LogP contribution in [0.4, 0.5) is 0 Å². The molecule has 0 heterocycles. The summed E-state index contributed by atoms with van der Waals surface area (Å²) in [7, 11) is 1.64. The highest BCUT2D eigenvalue weighted by molar-refractivity contribution is 7.80. The van der Waals surface area contributed by atoms with Gasteiger partial charge < -0.3 is 10.1 Å². The second kappa shape index (κ2) is 6.96. The third-order valence-electron chi connectivity index (χ3n) is 2.23. The number of benzene rings is 1. The Morgan fingerprint density at radius 3 is 2.72 bits per heavy atom. The number of nitrogens with zero attached hydrogens (tertiary/aromatic N) is 1. The van der Waals surface area contributed by atoms with Crippen LogP contribution in [-0.2, 0) is 0 Å². The Bertz CT molecular complexity index is 444. The Hall–Kier alpha value is -1.62. The molecule has 0 fully saturated rings. The molecule has 0 atom stereocenters. The van der Waals surface area contributed by atoms with E-state index in [2.05, 4.69) is 15.8 Å². The first kappa shape index (κ1) is 14.4. The molecule has 0 amide bonds. The summed E-state index contributed by atoms with van der Waals surface area (Å²) in [5.74, 6) is 0.810. The quantitative estimate of drug-likeness (QED) is 0.498. The van der Waals surface area contributed by atoms with Gasteiger partial charge in [0.1, 0.15) is 5.75 Å². The molecular formula is C13H19N3OS. The molecule has 0 saturated carbocycles. The van der Waals surface area contributed by atoms with Crippen LogP contribution in [0, 0.1) is 0 Å². The first-order chi connectivity index (χ1) is 8.52. The molecule has 1 aromatic rings. The molecule has 4 nitrogen and oxygen atoms in total. The molecular weight excluding hydrogens is 246 g/mol. The molecule has 0 bridgehead atoms. The third kappa shape index (κ3) is 4.71. The van der Waals surface area contributed by atoms with Crippen molar-refractivity contribution in [3.8, 4) is 5.75 Å². The maximum atomic E-state index is 5.17. The Balaban J connectivity index is 2.68. The summed E-state index contributed by atoms with van der Waals surface area (Å²) >= 11 is 5.09. The van der Waals surface area contributed by atoms with Crippen molar-refractivity contribution >= 4 is 23.0 Å². The summed E-state index contributed by atoms with van der Waals surface area (Å²) in [5, 5.41) is 7.81. The minimum atomic E-state index is 0.289. The van der Waals surface area contributed by atoms with Crippen molar-refractivity contribution in [3.05, 3.63) is 29.8 Å². The molecule has 0 aliphatic rings. The number of methoxy groups -OCH3 is 1. The normalized spacial score (nSPS) is 11.3. The molecule has 0 radical (unpaired) electrons. The van der Waals surface area contributed by atoms with Crippen LogP contribution in [-0.4, -0.2) is 24.0 Å². The molecule has 18 heavy (non-hydrogen) atoms. The maximum Gasteiger partial charge on any atom is 0.187 e. The van der Waals surface area contributed by atoms with E-state index < -0.39 is 0 Å². The highest BCUT2D eigenvalue weighted by atomic mass is 32.1. The Labute approximate surface area is 113 Å². The van der Waals surface area contributed by atoms with Gasteiger partial charge in [0.05, 0.1) is 12.8 Å². The van der Waals surface area contributed by atoms with Gasteiger partial charge in [-0.25, -0.2) is 0 Å². The van der Waals surface area contributed by atoms with E-state index in [9.17, 15) is 0 Å². The zero-order valence-corrected chi connectivity index (χ0v) is 12.0. The molecule has 98 valence electrons. The number of nitrogens with one attached hydrogen (secondary N) is 2. The number of rotatable bonds is 4. The van der Waals surface area contributed by atoms with Gasteiger partial charge in [0.25, 0.3) is 0 Å². The lowest BCUT2D eigenvalue weighted by Crippen LogP contribution is -2.37. The lowest BCUT2D eigenvalue weighted by Gasteiger charge is -2.10. The first-order valence-corrected chi connectivity index (χ1v) is 6.19. The van der Waals surface area contributed by atoms with E-state index in [-0.39, 0.29) is 6.04 Å². The molecule has 0 unspecified atom stereocenters. The Morgan fingerprint density at radius 1 is 1.39 bits per heavy atom. The van der Waals surface area contributed by atoms with Crippen LogP contribution >= 0.6 is 12.2 Å². The van der Waals surface area contributed by atoms with Gasteiger partial charge in [-0.3, -0.25) is 5.43 Å². The zero-order chi connectivity index (χ0) is 13.5. The van der Waals surface area contributed by atoms with Gasteiger partial charge >= 0.3 is 0 Å². The lowest BCUT2D eigenvalue weighted by atomic mass is 10.1. The van der Waals surface area contributed by atoms with E-state index in [0.29, 0.717) is 5.11 Å². The molecule has 2 N–H and O–H groups in total. The van der Waals surface area contributed by atoms with Crippen molar-refractivity contribution in [2.45, 2.75) is 26.8 Å². The summed E-state index contributed by atoms with van der Waals surface area (Å²) in [5.41, 5.74) is 4.66. The van der Waals surface area contributed by atoms with Gasteiger partial charge in [-0.05, 0) is 45.1 Å². The largest absolute Gasteiger partial charge is 0.497 e. The van der Waals surface area contributed by atoms with Crippen LogP contribution in [0.15, 0.2) is 29.4 Å². The van der Waals surface area contributed by atoms with Gasteiger partial charge in [-0.15, -0.1) is 0 Å². The predicted molar refractivity (Wildman–Crippen MR) is 79.2 cm³/mol. The smallest absolute Gasteiger partial charge is 0.187 e. The fraction of sp³-hybridized carbons (Fsp3) is 0.385. The summed E-state index contributed by atoms with van der Waals surface area (Å²) in [6, 6.07) is 8.02. The SMILES string of the molecule is COc1cccc(/C(C)=N\NC(=S)NC(C)C)c1. The van der Waals surface area contributed by atoms with E-state index in [1.807, 2.05) is 45.0 Å². The van der Waals surface area contributed by atoms with Crippen LogP contribution in [0.2, 0.25) is 0 Å². The van der Waals surface area contributed by atoms with Crippen molar-refractivity contribution in [1.82, 2.24) is 10.7 Å². The molecule has 1 aromatic carbocycles. The number of thiocarbonyl (C=S) groups is 1. The second-order valence-electron chi connectivity index (χ2n) is 4.17. The molecule has 0 saturated heterocycles. The fourth-order valence-corrected chi connectivity index (χ4v) is 1.62. The zero-order valence-electron chi connectivity index (χ0n) is 11.2. The average molecular weight is 265 g/mol. The predicted octanol–water partition coefficient (Wildman–Crippen LogP) is 2.29. The molecule has 0 aliphatic carbocycles. The Kier molecular flexibility index (Phi) is 5.58. The van der Waals surface area contributed by atoms with Crippen LogP contribution in [0.1, 0.15) is 26.3 Å². The standard InChI is InChI=1S/C13H19N3OS/c1-9(2)14-13(18)16-15-10(3)11-6-5-7-12(8-11)17-4/h5-9H,1-4H3,(H2,14,16,18)/b15-10-. The van der Waals surface area contributed by atoms with Gasteiger partial charge in [0.2, 0.25) is 0 Å². The van der Waals surface area contributed by atoms with Crippen molar-refractivity contribution < 1.29 is 4.74 Å². The minimum absolute atomic E-state index is 0.289. The van der Waals surface area contributed by atoms with Gasteiger partial charge in [-0.1, -0.05) is 12.1 Å². The summed E-state index contributed by atoms with van der Waals surface area (Å²) < 4.78 is 5.17. The van der Waals surface area contributed by atoms with E-state index in [4.69, 9.17) is 17.0 Å². The lowest BCUT2D eigenvalue weighted by molar-refractivity contribution is 0.414. The highest BCUT2D eigenvalue weighted by Gasteiger charge is 2.01. The van der Waals surface area contributed by atoms with E-state index in [1.165, 1.54) is 0 Å². The van der Waals surface area contributed by atoms with Crippen LogP contribution in [0.25, 0.3) is 0 Å². The number of hydrazone groups is 1. The summed E-state index contributed by atoms with van der Waals surface area (Å²) in [4.78, 5) is 0. The molecule has 0 spiro atoms. The number of hydrogen-bond acceptors (Lipinski definition) is 3. The van der Waals surface area contributed by atoms with Crippen molar-refractivity contribution in [1.29, 1.82) is 0 Å². The molecule has 5 heteroatoms. The number of hydrogen-bond donors (Lipinski definition) is 2. The molecule has 0 aliphatic heterocycles. The molecule has 1 rings (SSSR count). The van der Waals surface area contributed by atoms with E-state index in [0.717, 1.165) is 17.0 Å². The van der Waals surface area contributed by atoms with Crippen molar-refractivity contribution in [3.63, 3.8) is 0 Å². The minimum Gasteiger partial charge on any atom is -0.497 e. The fourth-order valence-electron chi connectivity index (χ4n) is 1.34. The summed E-state index contributed by atoms with van der Waals surface area (Å²) in [6.07, 6.45) is 0. The van der Waals surface area contributed by atoms with Crippen LogP contribution < -0.4 is 15.5 Å². The van der Waals surface area contributed by atoms with Crippen LogP contribution in [0.3, 0.4) is 0 Å². The second-order valence-corrected chi connectivity index (χ2v) is 4.58. The van der Waals surface area contributed by atoms with Gasteiger partial charge in [0.15, 0.2) is 5.11 Å². The monoisotopic (exact) mass is 265 g/mol. The van der Waals surface area contributed by atoms with Crippen molar-refractivity contribution in [2.75, 3.05) is 7.11 Å². The van der Waals surface area contributed by atoms with Crippen LogP contribution in [0.5, 0.6) is 5.75 Å². The summed E-state index contributed by atoms with van der Waals surface area (Å²) in [6.45, 7) is 5.96. The third-order valence-corrected chi connectivity index (χ3v) is 2.44. The van der Waals surface area contributed by atoms with Gasteiger partial charge in [-0.2, -0.15) is 5.10 Å². The highest BCUT2D eigenvalue weighted by Crippen LogP contribution is 2.12. The Morgan fingerprint density at radius 2 is 2.11 bits per heavy atom. The van der Waals surface area contributed by atoms with E-state index in [1.54, 1.807) is 7.11 Å².